The summed E-state index contributed by atoms with van der Waals surface area (Å²) in [4.78, 5) is 0. The van der Waals surface area contributed by atoms with Crippen molar-refractivity contribution >= 4 is 0 Å². The van der Waals surface area contributed by atoms with Crippen LogP contribution in [0.1, 0.15) is 39.0 Å². The fourth-order valence-electron chi connectivity index (χ4n) is 2.15. The van der Waals surface area contributed by atoms with E-state index in [1.807, 2.05) is 6.92 Å². The molecule has 1 saturated carbocycles. The summed E-state index contributed by atoms with van der Waals surface area (Å²) < 4.78 is 5.87. The van der Waals surface area contributed by atoms with Crippen LogP contribution in [-0.4, -0.2) is 22.9 Å². The standard InChI is InChI=1S/C9H16O2/c1-8(7-10)5-6-9(11-8)3-2-4-9/h10H,2-7H2,1H3. The summed E-state index contributed by atoms with van der Waals surface area (Å²) in [5, 5.41) is 9.05. The van der Waals surface area contributed by atoms with Gasteiger partial charge in [0.2, 0.25) is 0 Å². The molecule has 64 valence electrons. The molecule has 1 spiro atoms. The summed E-state index contributed by atoms with van der Waals surface area (Å²) in [5.74, 6) is 0. The first-order chi connectivity index (χ1) is 5.18. The molecule has 0 aromatic carbocycles. The fraction of sp³-hybridized carbons (Fsp3) is 1.00. The number of aliphatic hydroxyl groups excluding tert-OH is 1. The van der Waals surface area contributed by atoms with Gasteiger partial charge in [-0.25, -0.2) is 0 Å². The monoisotopic (exact) mass is 156 g/mol. The van der Waals surface area contributed by atoms with Gasteiger partial charge in [0.05, 0.1) is 17.8 Å². The largest absolute Gasteiger partial charge is 0.393 e. The Hall–Kier alpha value is -0.0800. The van der Waals surface area contributed by atoms with Crippen LogP contribution in [0.2, 0.25) is 0 Å². The average Bonchev–Trinajstić information content (AvgIpc) is 2.29. The van der Waals surface area contributed by atoms with Crippen molar-refractivity contribution in [3.8, 4) is 0 Å². The Labute approximate surface area is 67.6 Å². The molecule has 1 N–H and O–H groups in total. The second-order valence-corrected chi connectivity index (χ2v) is 4.25. The minimum absolute atomic E-state index is 0.175. The molecule has 1 saturated heterocycles. The van der Waals surface area contributed by atoms with Crippen LogP contribution in [0.3, 0.4) is 0 Å². The van der Waals surface area contributed by atoms with E-state index in [4.69, 9.17) is 9.84 Å². The molecule has 11 heavy (non-hydrogen) atoms. The average molecular weight is 156 g/mol. The molecule has 2 heteroatoms. The zero-order chi connectivity index (χ0) is 7.95. The molecule has 1 heterocycles. The van der Waals surface area contributed by atoms with Gasteiger partial charge in [0.25, 0.3) is 0 Å². The third-order valence-corrected chi connectivity index (χ3v) is 3.17. The van der Waals surface area contributed by atoms with E-state index in [9.17, 15) is 0 Å². The SMILES string of the molecule is CC1(CO)CCC2(CCC2)O1. The molecule has 2 fully saturated rings. The van der Waals surface area contributed by atoms with Crippen LogP contribution in [0, 0.1) is 0 Å². The lowest BCUT2D eigenvalue weighted by molar-refractivity contribution is -0.148. The van der Waals surface area contributed by atoms with E-state index in [-0.39, 0.29) is 17.8 Å². The van der Waals surface area contributed by atoms with E-state index in [1.165, 1.54) is 19.3 Å². The van der Waals surface area contributed by atoms with Crippen LogP contribution in [0.25, 0.3) is 0 Å². The highest BCUT2D eigenvalue weighted by molar-refractivity contribution is 4.99. The summed E-state index contributed by atoms with van der Waals surface area (Å²) in [7, 11) is 0. The van der Waals surface area contributed by atoms with Crippen LogP contribution in [0.5, 0.6) is 0 Å². The third-order valence-electron chi connectivity index (χ3n) is 3.17. The van der Waals surface area contributed by atoms with Crippen molar-refractivity contribution in [2.24, 2.45) is 0 Å². The number of ether oxygens (including phenoxy) is 1. The molecule has 2 rings (SSSR count). The lowest BCUT2D eigenvalue weighted by Crippen LogP contribution is -2.40. The lowest BCUT2D eigenvalue weighted by atomic mass is 9.78. The summed E-state index contributed by atoms with van der Waals surface area (Å²) in [6.07, 6.45) is 5.92. The Morgan fingerprint density at radius 2 is 2.00 bits per heavy atom. The number of hydrogen-bond acceptors (Lipinski definition) is 2. The first-order valence-electron chi connectivity index (χ1n) is 4.49. The Morgan fingerprint density at radius 3 is 2.27 bits per heavy atom. The van der Waals surface area contributed by atoms with E-state index in [2.05, 4.69) is 0 Å². The first-order valence-corrected chi connectivity index (χ1v) is 4.49. The fourth-order valence-corrected chi connectivity index (χ4v) is 2.15. The second kappa shape index (κ2) is 2.20. The Balaban J connectivity index is 2.02. The van der Waals surface area contributed by atoms with Gasteiger partial charge in [0, 0.05) is 0 Å². The molecular formula is C9H16O2. The Bertz CT molecular complexity index is 153. The van der Waals surface area contributed by atoms with Crippen molar-refractivity contribution in [2.45, 2.75) is 50.2 Å². The molecule has 2 aliphatic rings. The van der Waals surface area contributed by atoms with Crippen molar-refractivity contribution in [2.75, 3.05) is 6.61 Å². The van der Waals surface area contributed by atoms with Gasteiger partial charge < -0.3 is 9.84 Å². The minimum atomic E-state index is -0.222. The van der Waals surface area contributed by atoms with E-state index >= 15 is 0 Å². The Morgan fingerprint density at radius 1 is 1.27 bits per heavy atom. The normalized spacial score (nSPS) is 40.9. The van der Waals surface area contributed by atoms with Gasteiger partial charge in [-0.2, -0.15) is 0 Å². The first kappa shape index (κ1) is 7.56. The maximum absolute atomic E-state index is 9.05. The molecule has 1 aliphatic carbocycles. The van der Waals surface area contributed by atoms with Crippen LogP contribution in [0.15, 0.2) is 0 Å². The van der Waals surface area contributed by atoms with Gasteiger partial charge in [0.15, 0.2) is 0 Å². The summed E-state index contributed by atoms with van der Waals surface area (Å²) in [5.41, 5.74) is -0.0299. The molecule has 2 nitrogen and oxygen atoms in total. The van der Waals surface area contributed by atoms with E-state index < -0.39 is 0 Å². The molecule has 1 unspecified atom stereocenters. The van der Waals surface area contributed by atoms with Crippen molar-refractivity contribution in [1.82, 2.24) is 0 Å². The van der Waals surface area contributed by atoms with Gasteiger partial charge in [-0.1, -0.05) is 0 Å². The lowest BCUT2D eigenvalue weighted by Gasteiger charge is -2.39. The molecule has 0 bridgehead atoms. The molecule has 0 radical (unpaired) electrons. The highest BCUT2D eigenvalue weighted by atomic mass is 16.5. The number of rotatable bonds is 1. The number of hydrogen-bond donors (Lipinski definition) is 1. The summed E-state index contributed by atoms with van der Waals surface area (Å²) in [6.45, 7) is 2.19. The van der Waals surface area contributed by atoms with Gasteiger partial charge >= 0.3 is 0 Å². The van der Waals surface area contributed by atoms with Crippen LogP contribution in [-0.2, 0) is 4.74 Å². The topological polar surface area (TPSA) is 29.5 Å². The second-order valence-electron chi connectivity index (χ2n) is 4.25. The Kier molecular flexibility index (Phi) is 1.52. The van der Waals surface area contributed by atoms with Crippen molar-refractivity contribution in [3.63, 3.8) is 0 Å². The molecule has 0 amide bonds. The van der Waals surface area contributed by atoms with Crippen LogP contribution >= 0.6 is 0 Å². The highest BCUT2D eigenvalue weighted by Gasteiger charge is 2.49. The summed E-state index contributed by atoms with van der Waals surface area (Å²) in [6, 6.07) is 0. The van der Waals surface area contributed by atoms with E-state index in [0.29, 0.717) is 0 Å². The highest BCUT2D eigenvalue weighted by Crippen LogP contribution is 2.49. The van der Waals surface area contributed by atoms with Gasteiger partial charge in [-0.3, -0.25) is 0 Å². The van der Waals surface area contributed by atoms with Crippen LogP contribution in [0.4, 0.5) is 0 Å². The zero-order valence-electron chi connectivity index (χ0n) is 7.10. The third kappa shape index (κ3) is 1.09. The van der Waals surface area contributed by atoms with Crippen molar-refractivity contribution in [3.05, 3.63) is 0 Å². The predicted octanol–water partition coefficient (Wildman–Crippen LogP) is 1.47. The van der Waals surface area contributed by atoms with Gasteiger partial charge in [-0.15, -0.1) is 0 Å². The smallest absolute Gasteiger partial charge is 0.0892 e. The van der Waals surface area contributed by atoms with Crippen LogP contribution < -0.4 is 0 Å². The predicted molar refractivity (Wildman–Crippen MR) is 42.4 cm³/mol. The summed E-state index contributed by atoms with van der Waals surface area (Å²) >= 11 is 0. The minimum Gasteiger partial charge on any atom is -0.393 e. The molecule has 1 atom stereocenters. The quantitative estimate of drug-likeness (QED) is 0.623. The van der Waals surface area contributed by atoms with E-state index in [0.717, 1.165) is 12.8 Å². The molecule has 0 aromatic heterocycles. The maximum atomic E-state index is 9.05. The zero-order valence-corrected chi connectivity index (χ0v) is 7.10. The van der Waals surface area contributed by atoms with Crippen molar-refractivity contribution in [1.29, 1.82) is 0 Å². The molecule has 0 aromatic rings. The maximum Gasteiger partial charge on any atom is 0.0892 e. The van der Waals surface area contributed by atoms with E-state index in [1.54, 1.807) is 0 Å². The molecule has 1 aliphatic heterocycles. The number of aliphatic hydroxyl groups is 1. The molecular weight excluding hydrogens is 140 g/mol. The van der Waals surface area contributed by atoms with Gasteiger partial charge in [0.1, 0.15) is 0 Å². The van der Waals surface area contributed by atoms with Crippen molar-refractivity contribution < 1.29 is 9.84 Å². The van der Waals surface area contributed by atoms with Gasteiger partial charge in [-0.05, 0) is 39.0 Å².